The predicted molar refractivity (Wildman–Crippen MR) is 92.0 cm³/mol. The second-order valence-corrected chi connectivity index (χ2v) is 12.7. The molecule has 0 saturated carbocycles. The zero-order valence-corrected chi connectivity index (χ0v) is 16.3. The number of carbonyl (C=O) groups excluding carboxylic acids is 1. The fraction of sp³-hybridized carbons (Fsp3) is 0.941. The molecule has 0 aromatic rings. The van der Waals surface area contributed by atoms with E-state index in [0.717, 1.165) is 6.42 Å². The quantitative estimate of drug-likeness (QED) is 0.608. The van der Waals surface area contributed by atoms with Crippen LogP contribution in [0.4, 0.5) is 0 Å². The molecule has 3 nitrogen and oxygen atoms in total. The van der Waals surface area contributed by atoms with Gasteiger partial charge in [0.2, 0.25) is 0 Å². The Morgan fingerprint density at radius 3 is 1.71 bits per heavy atom. The summed E-state index contributed by atoms with van der Waals surface area (Å²) in [6.45, 7) is 17.8. The van der Waals surface area contributed by atoms with Crippen molar-refractivity contribution in [2.45, 2.75) is 78.4 Å². The van der Waals surface area contributed by atoms with Crippen LogP contribution >= 0.6 is 0 Å². The van der Waals surface area contributed by atoms with Crippen LogP contribution in [0.2, 0.25) is 16.6 Å². The molecular weight excluding hydrogens is 280 g/mol. The first kappa shape index (κ1) is 20.8. The van der Waals surface area contributed by atoms with Crippen molar-refractivity contribution in [1.82, 2.24) is 0 Å². The number of carbonyl (C=O) groups is 1. The second-order valence-electron chi connectivity index (χ2n) is 7.22. The molecule has 0 fully saturated rings. The van der Waals surface area contributed by atoms with Gasteiger partial charge in [0.05, 0.1) is 6.61 Å². The van der Waals surface area contributed by atoms with E-state index in [-0.39, 0.29) is 24.2 Å². The summed E-state index contributed by atoms with van der Waals surface area (Å²) in [6, 6.07) is 0. The number of aliphatic hydroxyl groups excluding tert-OH is 1. The van der Waals surface area contributed by atoms with Gasteiger partial charge < -0.3 is 9.53 Å². The third-order valence-corrected chi connectivity index (χ3v) is 11.0. The molecule has 0 aliphatic heterocycles. The van der Waals surface area contributed by atoms with Crippen LogP contribution in [0.3, 0.4) is 0 Å². The molecule has 0 bridgehead atoms. The van der Waals surface area contributed by atoms with Gasteiger partial charge >= 0.3 is 0 Å². The van der Waals surface area contributed by atoms with Crippen molar-refractivity contribution in [3.05, 3.63) is 0 Å². The lowest BCUT2D eigenvalue weighted by atomic mass is 9.93. The summed E-state index contributed by atoms with van der Waals surface area (Å²) in [7, 11) is -1.91. The Balaban J connectivity index is 5.08. The predicted octanol–water partition coefficient (Wildman–Crippen LogP) is 4.40. The van der Waals surface area contributed by atoms with E-state index in [0.29, 0.717) is 23.2 Å². The van der Waals surface area contributed by atoms with Crippen molar-refractivity contribution >= 4 is 14.1 Å². The van der Waals surface area contributed by atoms with Crippen LogP contribution in [-0.2, 0) is 9.22 Å². The summed E-state index contributed by atoms with van der Waals surface area (Å²) in [6.07, 6.45) is 0.780. The molecule has 0 aliphatic rings. The van der Waals surface area contributed by atoms with Gasteiger partial charge in [-0.15, -0.1) is 0 Å². The largest absolute Gasteiger partial charge is 0.415 e. The van der Waals surface area contributed by atoms with E-state index in [9.17, 15) is 9.90 Å². The number of ketones is 1. The van der Waals surface area contributed by atoms with E-state index in [4.69, 9.17) is 4.43 Å². The van der Waals surface area contributed by atoms with Gasteiger partial charge in [0.25, 0.3) is 0 Å². The third-order valence-electron chi connectivity index (χ3n) is 4.90. The molecule has 0 aromatic heterocycles. The van der Waals surface area contributed by atoms with E-state index in [1.807, 2.05) is 6.92 Å². The van der Waals surface area contributed by atoms with Crippen LogP contribution in [0, 0.1) is 11.8 Å². The first-order valence-electron chi connectivity index (χ1n) is 8.43. The smallest absolute Gasteiger partial charge is 0.200 e. The summed E-state index contributed by atoms with van der Waals surface area (Å²) in [5, 5.41) is 9.19. The van der Waals surface area contributed by atoms with Crippen LogP contribution < -0.4 is 0 Å². The Bertz CT molecular complexity index is 291. The van der Waals surface area contributed by atoms with Crippen molar-refractivity contribution in [1.29, 1.82) is 0 Å². The van der Waals surface area contributed by atoms with E-state index < -0.39 is 8.32 Å². The van der Waals surface area contributed by atoms with E-state index in [2.05, 4.69) is 41.5 Å². The average Bonchev–Trinajstić information content (AvgIpc) is 2.40. The molecule has 1 N–H and O–H groups in total. The van der Waals surface area contributed by atoms with E-state index in [1.54, 1.807) is 6.92 Å². The Labute approximate surface area is 132 Å². The van der Waals surface area contributed by atoms with Gasteiger partial charge in [0.15, 0.2) is 8.32 Å². The summed E-state index contributed by atoms with van der Waals surface area (Å²) in [5.74, 6) is -0.235. The Hall–Kier alpha value is -0.193. The molecule has 0 aliphatic carbocycles. The highest BCUT2D eigenvalue weighted by atomic mass is 28.4. The summed E-state index contributed by atoms with van der Waals surface area (Å²) >= 11 is 0. The second kappa shape index (κ2) is 9.06. The molecule has 21 heavy (non-hydrogen) atoms. The highest BCUT2D eigenvalue weighted by Gasteiger charge is 2.45. The molecule has 0 rings (SSSR count). The molecule has 0 amide bonds. The van der Waals surface area contributed by atoms with Crippen molar-refractivity contribution in [3.63, 3.8) is 0 Å². The fourth-order valence-corrected chi connectivity index (χ4v) is 9.13. The summed E-state index contributed by atoms with van der Waals surface area (Å²) in [5.41, 5.74) is 1.58. The number of Topliss-reactive ketones (excluding diaryl/α,β-unsaturated/α-hetero) is 1. The zero-order chi connectivity index (χ0) is 16.8. The molecule has 0 radical (unpaired) electrons. The Kier molecular flexibility index (Phi) is 8.98. The monoisotopic (exact) mass is 316 g/mol. The van der Waals surface area contributed by atoms with Crippen LogP contribution in [0.25, 0.3) is 0 Å². The highest BCUT2D eigenvalue weighted by molar-refractivity contribution is 6.77. The maximum absolute atomic E-state index is 12.3. The van der Waals surface area contributed by atoms with Crippen LogP contribution in [0.1, 0.15) is 61.8 Å². The normalized spacial score (nSPS) is 15.8. The van der Waals surface area contributed by atoms with Gasteiger partial charge in [0.1, 0.15) is 5.78 Å². The first-order valence-corrected chi connectivity index (χ1v) is 10.6. The third kappa shape index (κ3) is 4.90. The van der Waals surface area contributed by atoms with E-state index in [1.165, 1.54) is 0 Å². The number of hydrogen-bond acceptors (Lipinski definition) is 3. The molecule has 0 heterocycles. The van der Waals surface area contributed by atoms with Crippen molar-refractivity contribution < 1.29 is 14.3 Å². The van der Waals surface area contributed by atoms with Gasteiger partial charge in [-0.05, 0) is 23.0 Å². The fourth-order valence-electron chi connectivity index (χ4n) is 3.64. The molecule has 4 heteroatoms. The van der Waals surface area contributed by atoms with Gasteiger partial charge in [0, 0.05) is 18.4 Å². The lowest BCUT2D eigenvalue weighted by Crippen LogP contribution is -2.49. The standard InChI is InChI=1S/C17H36O3Si/c1-9-16(17(19)15(8)10-18)11-20-21(12(2)3,13(4)5)14(6)7/h12-16,18H,9-11H2,1-8H3/t15-,16-/m1/s1. The van der Waals surface area contributed by atoms with Gasteiger partial charge in [-0.1, -0.05) is 55.4 Å². The zero-order valence-electron chi connectivity index (χ0n) is 15.3. The number of hydrogen-bond donors (Lipinski definition) is 1. The highest BCUT2D eigenvalue weighted by Crippen LogP contribution is 2.42. The Morgan fingerprint density at radius 1 is 1.00 bits per heavy atom. The minimum atomic E-state index is -1.91. The molecule has 2 atom stereocenters. The number of aliphatic hydroxyl groups is 1. The van der Waals surface area contributed by atoms with Crippen molar-refractivity contribution in [3.8, 4) is 0 Å². The maximum Gasteiger partial charge on any atom is 0.200 e. The first-order chi connectivity index (χ1) is 9.64. The molecule has 0 spiro atoms. The summed E-state index contributed by atoms with van der Waals surface area (Å²) in [4.78, 5) is 12.3. The molecule has 0 unspecified atom stereocenters. The maximum atomic E-state index is 12.3. The average molecular weight is 317 g/mol. The van der Waals surface area contributed by atoms with Gasteiger partial charge in [-0.3, -0.25) is 4.79 Å². The van der Waals surface area contributed by atoms with Crippen LogP contribution in [-0.4, -0.2) is 32.4 Å². The summed E-state index contributed by atoms with van der Waals surface area (Å²) < 4.78 is 6.52. The number of rotatable bonds is 10. The lowest BCUT2D eigenvalue weighted by Gasteiger charge is -2.43. The van der Waals surface area contributed by atoms with E-state index >= 15 is 0 Å². The molecule has 0 saturated heterocycles. The van der Waals surface area contributed by atoms with Gasteiger partial charge in [-0.2, -0.15) is 0 Å². The molecular formula is C17H36O3Si. The van der Waals surface area contributed by atoms with Gasteiger partial charge in [-0.25, -0.2) is 0 Å². The SMILES string of the molecule is CC[C@H](CO[Si](C(C)C)(C(C)C)C(C)C)C(=O)[C@H](C)CO. The minimum Gasteiger partial charge on any atom is -0.415 e. The molecule has 0 aromatic carbocycles. The topological polar surface area (TPSA) is 46.5 Å². The lowest BCUT2D eigenvalue weighted by molar-refractivity contribution is -0.128. The van der Waals surface area contributed by atoms with Crippen LogP contribution in [0.5, 0.6) is 0 Å². The van der Waals surface area contributed by atoms with Crippen molar-refractivity contribution in [2.75, 3.05) is 13.2 Å². The Morgan fingerprint density at radius 2 is 1.43 bits per heavy atom. The minimum absolute atomic E-state index is 0.0730. The van der Waals surface area contributed by atoms with Crippen molar-refractivity contribution in [2.24, 2.45) is 11.8 Å². The molecule has 126 valence electrons. The van der Waals surface area contributed by atoms with Crippen LogP contribution in [0.15, 0.2) is 0 Å².